The fraction of sp³-hybridized carbons (Fsp3) is 0.529. The summed E-state index contributed by atoms with van der Waals surface area (Å²) in [6.07, 6.45) is 1.68. The minimum atomic E-state index is -1.23. The second-order valence-corrected chi connectivity index (χ2v) is 5.61. The SMILES string of the molecule is CCCC(C)(NC(=O)C(CC)c1ccc(OC)cc1)C(=O)O. The molecule has 0 saturated carbocycles. The van der Waals surface area contributed by atoms with E-state index in [1.807, 2.05) is 26.0 Å². The van der Waals surface area contributed by atoms with Gasteiger partial charge in [-0.3, -0.25) is 4.79 Å². The average molecular weight is 307 g/mol. The van der Waals surface area contributed by atoms with Crippen molar-refractivity contribution >= 4 is 11.9 Å². The van der Waals surface area contributed by atoms with E-state index in [0.717, 1.165) is 11.3 Å². The molecule has 2 atom stereocenters. The highest BCUT2D eigenvalue weighted by atomic mass is 16.5. The molecule has 0 bridgehead atoms. The van der Waals surface area contributed by atoms with E-state index in [-0.39, 0.29) is 11.8 Å². The fourth-order valence-corrected chi connectivity index (χ4v) is 2.49. The first-order chi connectivity index (χ1) is 10.4. The van der Waals surface area contributed by atoms with Gasteiger partial charge in [-0.25, -0.2) is 4.79 Å². The van der Waals surface area contributed by atoms with Crippen LogP contribution in [-0.4, -0.2) is 29.6 Å². The summed E-state index contributed by atoms with van der Waals surface area (Å²) in [6.45, 7) is 5.36. The average Bonchev–Trinajstić information content (AvgIpc) is 2.48. The van der Waals surface area contributed by atoms with Crippen molar-refractivity contribution in [2.75, 3.05) is 7.11 Å². The Hall–Kier alpha value is -2.04. The molecular formula is C17H25NO4. The molecular weight excluding hydrogens is 282 g/mol. The van der Waals surface area contributed by atoms with Gasteiger partial charge in [-0.05, 0) is 37.5 Å². The third-order valence-electron chi connectivity index (χ3n) is 3.86. The topological polar surface area (TPSA) is 75.6 Å². The summed E-state index contributed by atoms with van der Waals surface area (Å²) in [5.41, 5.74) is -0.379. The number of benzene rings is 1. The number of nitrogens with one attached hydrogen (secondary N) is 1. The number of methoxy groups -OCH3 is 1. The maximum atomic E-state index is 12.5. The zero-order valence-electron chi connectivity index (χ0n) is 13.7. The summed E-state index contributed by atoms with van der Waals surface area (Å²) in [6, 6.07) is 7.27. The van der Waals surface area contributed by atoms with Gasteiger partial charge in [0, 0.05) is 0 Å². The van der Waals surface area contributed by atoms with Crippen molar-refractivity contribution in [3.8, 4) is 5.75 Å². The van der Waals surface area contributed by atoms with Crippen molar-refractivity contribution in [1.82, 2.24) is 5.32 Å². The van der Waals surface area contributed by atoms with E-state index in [9.17, 15) is 14.7 Å². The third-order valence-corrected chi connectivity index (χ3v) is 3.86. The molecule has 0 aliphatic heterocycles. The van der Waals surface area contributed by atoms with Gasteiger partial charge in [-0.2, -0.15) is 0 Å². The number of ether oxygens (including phenoxy) is 1. The lowest BCUT2D eigenvalue weighted by Crippen LogP contribution is -2.53. The summed E-state index contributed by atoms with van der Waals surface area (Å²) in [5.74, 6) is -0.917. The van der Waals surface area contributed by atoms with Crippen LogP contribution in [0.5, 0.6) is 5.75 Å². The summed E-state index contributed by atoms with van der Waals surface area (Å²) < 4.78 is 5.11. The van der Waals surface area contributed by atoms with Gasteiger partial charge in [0.2, 0.25) is 5.91 Å². The van der Waals surface area contributed by atoms with Gasteiger partial charge in [0.25, 0.3) is 0 Å². The van der Waals surface area contributed by atoms with Crippen LogP contribution in [0.2, 0.25) is 0 Å². The molecule has 0 aliphatic carbocycles. The first-order valence-corrected chi connectivity index (χ1v) is 7.57. The Morgan fingerprint density at radius 2 is 1.86 bits per heavy atom. The van der Waals surface area contributed by atoms with E-state index in [1.54, 1.807) is 26.2 Å². The molecule has 2 N–H and O–H groups in total. The molecule has 1 aromatic rings. The van der Waals surface area contributed by atoms with E-state index in [2.05, 4.69) is 5.32 Å². The molecule has 5 heteroatoms. The van der Waals surface area contributed by atoms with E-state index < -0.39 is 11.5 Å². The lowest BCUT2D eigenvalue weighted by atomic mass is 9.91. The standard InChI is InChI=1S/C17H25NO4/c1-5-11-17(3,16(20)21)18-15(19)14(6-2)12-7-9-13(22-4)10-8-12/h7-10,14H,5-6,11H2,1-4H3,(H,18,19)(H,20,21). The first kappa shape index (κ1) is 18.0. The van der Waals surface area contributed by atoms with Crippen molar-refractivity contribution in [1.29, 1.82) is 0 Å². The molecule has 0 fully saturated rings. The van der Waals surface area contributed by atoms with Crippen LogP contribution >= 0.6 is 0 Å². The molecule has 22 heavy (non-hydrogen) atoms. The summed E-state index contributed by atoms with van der Waals surface area (Å²) in [7, 11) is 1.59. The number of carboxylic acids is 1. The molecule has 1 amide bonds. The molecule has 0 aromatic heterocycles. The van der Waals surface area contributed by atoms with Crippen molar-refractivity contribution in [2.45, 2.75) is 51.5 Å². The number of amides is 1. The zero-order valence-corrected chi connectivity index (χ0v) is 13.7. The largest absolute Gasteiger partial charge is 0.497 e. The predicted molar refractivity (Wildman–Crippen MR) is 85.1 cm³/mol. The Bertz CT molecular complexity index is 512. The lowest BCUT2D eigenvalue weighted by molar-refractivity contribution is -0.147. The first-order valence-electron chi connectivity index (χ1n) is 7.57. The second-order valence-electron chi connectivity index (χ2n) is 5.61. The number of carbonyl (C=O) groups is 2. The van der Waals surface area contributed by atoms with Crippen molar-refractivity contribution in [3.05, 3.63) is 29.8 Å². The molecule has 0 heterocycles. The maximum Gasteiger partial charge on any atom is 0.329 e. The van der Waals surface area contributed by atoms with Crippen LogP contribution < -0.4 is 10.1 Å². The van der Waals surface area contributed by atoms with E-state index in [1.165, 1.54) is 0 Å². The highest BCUT2D eigenvalue weighted by Crippen LogP contribution is 2.24. The van der Waals surface area contributed by atoms with Crippen LogP contribution in [0.15, 0.2) is 24.3 Å². The fourth-order valence-electron chi connectivity index (χ4n) is 2.49. The normalized spacial score (nSPS) is 14.7. The van der Waals surface area contributed by atoms with Crippen LogP contribution in [0.1, 0.15) is 51.5 Å². The van der Waals surface area contributed by atoms with Crippen molar-refractivity contribution in [3.63, 3.8) is 0 Å². The Kier molecular flexibility index (Phi) is 6.40. The van der Waals surface area contributed by atoms with E-state index in [0.29, 0.717) is 19.3 Å². The number of carbonyl (C=O) groups excluding carboxylic acids is 1. The van der Waals surface area contributed by atoms with Crippen LogP contribution in [-0.2, 0) is 9.59 Å². The Morgan fingerprint density at radius 1 is 1.27 bits per heavy atom. The summed E-state index contributed by atoms with van der Waals surface area (Å²) in [4.78, 5) is 24.0. The molecule has 1 aromatic carbocycles. The van der Waals surface area contributed by atoms with Crippen LogP contribution in [0.3, 0.4) is 0 Å². The molecule has 2 unspecified atom stereocenters. The molecule has 5 nitrogen and oxygen atoms in total. The highest BCUT2D eigenvalue weighted by Gasteiger charge is 2.35. The Labute approximate surface area is 131 Å². The Balaban J connectivity index is 2.93. The number of hydrogen-bond acceptors (Lipinski definition) is 3. The lowest BCUT2D eigenvalue weighted by Gasteiger charge is -2.28. The number of rotatable bonds is 8. The van der Waals surface area contributed by atoms with Crippen molar-refractivity contribution < 1.29 is 19.4 Å². The minimum Gasteiger partial charge on any atom is -0.497 e. The number of hydrogen-bond donors (Lipinski definition) is 2. The number of carboxylic acid groups (broad SMARTS) is 1. The third kappa shape index (κ3) is 4.23. The van der Waals surface area contributed by atoms with Gasteiger partial charge in [-0.15, -0.1) is 0 Å². The van der Waals surface area contributed by atoms with E-state index in [4.69, 9.17) is 4.74 Å². The molecule has 1 rings (SSSR count). The monoisotopic (exact) mass is 307 g/mol. The summed E-state index contributed by atoms with van der Waals surface area (Å²) >= 11 is 0. The molecule has 0 saturated heterocycles. The van der Waals surface area contributed by atoms with Crippen LogP contribution in [0.4, 0.5) is 0 Å². The highest BCUT2D eigenvalue weighted by molar-refractivity contribution is 5.90. The van der Waals surface area contributed by atoms with Gasteiger partial charge in [0.1, 0.15) is 11.3 Å². The van der Waals surface area contributed by atoms with Gasteiger partial charge < -0.3 is 15.2 Å². The smallest absolute Gasteiger partial charge is 0.329 e. The molecule has 122 valence electrons. The van der Waals surface area contributed by atoms with Crippen LogP contribution in [0.25, 0.3) is 0 Å². The van der Waals surface area contributed by atoms with Crippen molar-refractivity contribution in [2.24, 2.45) is 0 Å². The molecule has 0 radical (unpaired) electrons. The van der Waals surface area contributed by atoms with Gasteiger partial charge in [0.05, 0.1) is 13.0 Å². The maximum absolute atomic E-state index is 12.5. The molecule has 0 spiro atoms. The quantitative estimate of drug-likeness (QED) is 0.774. The van der Waals surface area contributed by atoms with Gasteiger partial charge in [-0.1, -0.05) is 32.4 Å². The Morgan fingerprint density at radius 3 is 2.27 bits per heavy atom. The predicted octanol–water partition coefficient (Wildman–Crippen LogP) is 2.95. The second kappa shape index (κ2) is 7.82. The van der Waals surface area contributed by atoms with Crippen LogP contribution in [0, 0.1) is 0 Å². The summed E-state index contributed by atoms with van der Waals surface area (Å²) in [5, 5.41) is 12.1. The van der Waals surface area contributed by atoms with Gasteiger partial charge >= 0.3 is 5.97 Å². The van der Waals surface area contributed by atoms with Gasteiger partial charge in [0.15, 0.2) is 0 Å². The van der Waals surface area contributed by atoms with E-state index >= 15 is 0 Å². The zero-order chi connectivity index (χ0) is 16.8. The molecule has 0 aliphatic rings. The minimum absolute atomic E-state index is 0.258. The number of aliphatic carboxylic acids is 1.